The van der Waals surface area contributed by atoms with Crippen LogP contribution in [0.3, 0.4) is 0 Å². The number of carboxylic acids is 1. The van der Waals surface area contributed by atoms with E-state index in [-0.39, 0.29) is 5.69 Å². The molecule has 0 spiro atoms. The highest BCUT2D eigenvalue weighted by molar-refractivity contribution is 5.85. The van der Waals surface area contributed by atoms with Crippen molar-refractivity contribution in [2.45, 2.75) is 13.3 Å². The number of carbonyl (C=O) groups is 1. The Morgan fingerprint density at radius 2 is 1.89 bits per heavy atom. The van der Waals surface area contributed by atoms with Gasteiger partial charge in [-0.2, -0.15) is 5.10 Å². The molecule has 4 rings (SSSR count). The van der Waals surface area contributed by atoms with Gasteiger partial charge in [0.2, 0.25) is 0 Å². The molecule has 3 heterocycles. The number of rotatable bonds is 5. The van der Waals surface area contributed by atoms with E-state index in [1.54, 1.807) is 13.2 Å². The summed E-state index contributed by atoms with van der Waals surface area (Å²) >= 11 is 0. The lowest BCUT2D eigenvalue weighted by Crippen LogP contribution is -2.03. The van der Waals surface area contributed by atoms with Crippen LogP contribution in [-0.4, -0.2) is 32.8 Å². The summed E-state index contributed by atoms with van der Waals surface area (Å²) in [4.78, 5) is 15.5. The summed E-state index contributed by atoms with van der Waals surface area (Å²) in [7, 11) is 1.63. The largest absolute Gasteiger partial charge is 0.497 e. The normalized spacial score (nSPS) is 10.9. The van der Waals surface area contributed by atoms with Crippen LogP contribution in [0.5, 0.6) is 5.75 Å². The van der Waals surface area contributed by atoms with E-state index < -0.39 is 5.97 Å². The van der Waals surface area contributed by atoms with Crippen molar-refractivity contribution in [2.75, 3.05) is 7.11 Å². The third kappa shape index (κ3) is 3.32. The first-order valence-corrected chi connectivity index (χ1v) is 8.86. The van der Waals surface area contributed by atoms with Crippen LogP contribution in [0.4, 0.5) is 0 Å². The van der Waals surface area contributed by atoms with Gasteiger partial charge in [0.05, 0.1) is 18.3 Å². The van der Waals surface area contributed by atoms with Gasteiger partial charge in [-0.15, -0.1) is 0 Å². The van der Waals surface area contributed by atoms with Crippen molar-refractivity contribution in [1.29, 1.82) is 0 Å². The van der Waals surface area contributed by atoms with Gasteiger partial charge in [-0.25, -0.2) is 14.3 Å². The van der Waals surface area contributed by atoms with Gasteiger partial charge in [-0.3, -0.25) is 0 Å². The molecule has 1 N–H and O–H groups in total. The molecule has 1 aromatic carbocycles. The number of carboxylic acid groups (broad SMARTS) is 1. The molecule has 140 valence electrons. The van der Waals surface area contributed by atoms with Crippen molar-refractivity contribution in [1.82, 2.24) is 14.6 Å². The van der Waals surface area contributed by atoms with Crippen molar-refractivity contribution >= 4 is 11.5 Å². The van der Waals surface area contributed by atoms with Crippen LogP contribution in [0.25, 0.3) is 16.8 Å². The number of ether oxygens (including phenoxy) is 1. The maximum Gasteiger partial charge on any atom is 0.354 e. The molecule has 6 heteroatoms. The van der Waals surface area contributed by atoms with E-state index in [1.165, 1.54) is 6.07 Å². The topological polar surface area (TPSA) is 76.7 Å². The Kier molecular flexibility index (Phi) is 4.53. The van der Waals surface area contributed by atoms with Gasteiger partial charge >= 0.3 is 5.97 Å². The van der Waals surface area contributed by atoms with E-state index in [0.717, 1.165) is 33.7 Å². The summed E-state index contributed by atoms with van der Waals surface area (Å²) < 4.78 is 7.12. The van der Waals surface area contributed by atoms with Crippen LogP contribution in [0.2, 0.25) is 0 Å². The summed E-state index contributed by atoms with van der Waals surface area (Å²) in [6.07, 6.45) is 2.46. The Balaban J connectivity index is 1.85. The minimum atomic E-state index is -1.03. The van der Waals surface area contributed by atoms with Crippen molar-refractivity contribution in [2.24, 2.45) is 0 Å². The quantitative estimate of drug-likeness (QED) is 0.572. The number of hydrogen-bond donors (Lipinski definition) is 1. The fourth-order valence-corrected chi connectivity index (χ4v) is 3.24. The number of benzene rings is 1. The molecule has 0 saturated heterocycles. The van der Waals surface area contributed by atoms with Crippen LogP contribution in [0, 0.1) is 6.92 Å². The number of aromatic nitrogens is 3. The lowest BCUT2D eigenvalue weighted by atomic mass is 10.0. The van der Waals surface area contributed by atoms with Crippen LogP contribution in [0.1, 0.15) is 27.3 Å². The molecule has 0 radical (unpaired) electrons. The molecule has 0 atom stereocenters. The molecule has 0 aliphatic carbocycles. The van der Waals surface area contributed by atoms with Crippen LogP contribution < -0.4 is 4.74 Å². The van der Waals surface area contributed by atoms with Crippen LogP contribution in [-0.2, 0) is 6.42 Å². The summed E-state index contributed by atoms with van der Waals surface area (Å²) in [6, 6.07) is 16.9. The lowest BCUT2D eigenvalue weighted by molar-refractivity contribution is 0.0690. The van der Waals surface area contributed by atoms with Crippen molar-refractivity contribution in [3.63, 3.8) is 0 Å². The fourth-order valence-electron chi connectivity index (χ4n) is 3.24. The zero-order valence-corrected chi connectivity index (χ0v) is 15.6. The molecule has 6 nitrogen and oxygen atoms in total. The minimum absolute atomic E-state index is 0.0378. The molecule has 0 bridgehead atoms. The van der Waals surface area contributed by atoms with E-state index in [4.69, 9.17) is 9.84 Å². The average Bonchev–Trinajstić information content (AvgIpc) is 3.05. The van der Waals surface area contributed by atoms with E-state index >= 15 is 0 Å². The maximum atomic E-state index is 11.3. The van der Waals surface area contributed by atoms with Gasteiger partial charge in [0, 0.05) is 29.4 Å². The first-order valence-electron chi connectivity index (χ1n) is 8.86. The molecule has 0 fully saturated rings. The molecule has 0 unspecified atom stereocenters. The number of hydrogen-bond acceptors (Lipinski definition) is 4. The van der Waals surface area contributed by atoms with Gasteiger partial charge in [0.1, 0.15) is 11.4 Å². The third-order valence-electron chi connectivity index (χ3n) is 4.63. The summed E-state index contributed by atoms with van der Waals surface area (Å²) in [6.45, 7) is 2.02. The minimum Gasteiger partial charge on any atom is -0.497 e. The maximum absolute atomic E-state index is 11.3. The SMILES string of the molecule is COc1ccc(-c2nn3cc(C)ccc3c2Cc2cccc(C(=O)O)n2)cc1. The number of aromatic carboxylic acids is 1. The molecule has 0 aliphatic rings. The summed E-state index contributed by atoms with van der Waals surface area (Å²) in [5.41, 5.74) is 5.61. The van der Waals surface area contributed by atoms with Gasteiger partial charge in [0.15, 0.2) is 0 Å². The zero-order chi connectivity index (χ0) is 19.7. The number of methoxy groups -OCH3 is 1. The Labute approximate surface area is 162 Å². The molecular formula is C22H19N3O3. The molecule has 28 heavy (non-hydrogen) atoms. The van der Waals surface area contributed by atoms with E-state index in [9.17, 15) is 9.90 Å². The Morgan fingerprint density at radius 1 is 1.11 bits per heavy atom. The predicted octanol–water partition coefficient (Wildman–Crippen LogP) is 4.00. The van der Waals surface area contributed by atoms with E-state index in [1.807, 2.05) is 60.1 Å². The number of pyridine rings is 2. The molecule has 4 aromatic rings. The van der Waals surface area contributed by atoms with Gasteiger partial charge < -0.3 is 9.84 Å². The zero-order valence-electron chi connectivity index (χ0n) is 15.6. The highest BCUT2D eigenvalue weighted by atomic mass is 16.5. The first kappa shape index (κ1) is 17.7. The average molecular weight is 373 g/mol. The predicted molar refractivity (Wildman–Crippen MR) is 106 cm³/mol. The fraction of sp³-hybridized carbons (Fsp3) is 0.136. The number of fused-ring (bicyclic) bond motifs is 1. The number of aryl methyl sites for hydroxylation is 1. The Morgan fingerprint density at radius 3 is 2.61 bits per heavy atom. The van der Waals surface area contributed by atoms with Crippen LogP contribution >= 0.6 is 0 Å². The molecular weight excluding hydrogens is 354 g/mol. The Hall–Kier alpha value is -3.67. The monoisotopic (exact) mass is 373 g/mol. The van der Waals surface area contributed by atoms with E-state index in [2.05, 4.69) is 4.98 Å². The Bertz CT molecular complexity index is 1160. The highest BCUT2D eigenvalue weighted by Gasteiger charge is 2.16. The van der Waals surface area contributed by atoms with Gasteiger partial charge in [-0.05, 0) is 55.0 Å². The molecule has 0 aliphatic heterocycles. The molecule has 0 saturated carbocycles. The lowest BCUT2D eigenvalue weighted by Gasteiger charge is -2.06. The second-order valence-electron chi connectivity index (χ2n) is 6.59. The van der Waals surface area contributed by atoms with Crippen LogP contribution in [0.15, 0.2) is 60.8 Å². The smallest absolute Gasteiger partial charge is 0.354 e. The van der Waals surface area contributed by atoms with Crippen molar-refractivity contribution in [3.05, 3.63) is 83.3 Å². The third-order valence-corrected chi connectivity index (χ3v) is 4.63. The summed E-state index contributed by atoms with van der Waals surface area (Å²) in [5, 5.41) is 14.0. The first-order chi connectivity index (χ1) is 13.5. The van der Waals surface area contributed by atoms with Gasteiger partial charge in [0.25, 0.3) is 0 Å². The number of nitrogens with zero attached hydrogens (tertiary/aromatic N) is 3. The summed E-state index contributed by atoms with van der Waals surface area (Å²) in [5.74, 6) is -0.256. The highest BCUT2D eigenvalue weighted by Crippen LogP contribution is 2.29. The second-order valence-corrected chi connectivity index (χ2v) is 6.59. The van der Waals surface area contributed by atoms with E-state index in [0.29, 0.717) is 12.1 Å². The standard InChI is InChI=1S/C22H19N3O3/c1-14-6-11-20-18(12-16-4-3-5-19(23-16)22(26)27)21(24-25(20)13-14)15-7-9-17(28-2)10-8-15/h3-11,13H,12H2,1-2H3,(H,26,27). The molecule has 0 amide bonds. The second kappa shape index (κ2) is 7.15. The van der Waals surface area contributed by atoms with Crippen molar-refractivity contribution < 1.29 is 14.6 Å². The molecule has 3 aromatic heterocycles. The van der Waals surface area contributed by atoms with Crippen molar-refractivity contribution in [3.8, 4) is 17.0 Å². The van der Waals surface area contributed by atoms with Gasteiger partial charge in [-0.1, -0.05) is 12.1 Å².